The third-order valence-electron chi connectivity index (χ3n) is 2.48. The zero-order chi connectivity index (χ0) is 12.0. The Hall–Kier alpha value is -1.55. The number of carbonyl (C=O) groups excluding carboxylic acids is 1. The Kier molecular flexibility index (Phi) is 4.79. The summed E-state index contributed by atoms with van der Waals surface area (Å²) in [6, 6.07) is 3.67. The molecule has 0 spiro atoms. The normalized spacial score (nSPS) is 13.6. The number of esters is 1. The number of hydrogen-bond donors (Lipinski definition) is 1. The molecule has 1 rings (SSSR count). The molecule has 4 heteroatoms. The summed E-state index contributed by atoms with van der Waals surface area (Å²) in [5, 5.41) is 0. The van der Waals surface area contributed by atoms with Crippen LogP contribution in [0.1, 0.15) is 19.1 Å². The summed E-state index contributed by atoms with van der Waals surface area (Å²) in [5.74, 6) is 0.515. The standard InChI is InChI=1S/C12H17NO3/c1-9(6-11-4-3-5-16-11)10(8-13)7-12(14)15-2/h3-6,10H,7-8,13H2,1-2H3/b9-6+. The van der Waals surface area contributed by atoms with Gasteiger partial charge in [0, 0.05) is 5.92 Å². The molecular weight excluding hydrogens is 206 g/mol. The smallest absolute Gasteiger partial charge is 0.306 e. The van der Waals surface area contributed by atoms with Gasteiger partial charge < -0.3 is 14.9 Å². The maximum atomic E-state index is 11.2. The Morgan fingerprint density at radius 3 is 2.94 bits per heavy atom. The van der Waals surface area contributed by atoms with Crippen LogP contribution in [0.3, 0.4) is 0 Å². The van der Waals surface area contributed by atoms with E-state index in [2.05, 4.69) is 4.74 Å². The minimum atomic E-state index is -0.248. The minimum Gasteiger partial charge on any atom is -0.469 e. The number of ether oxygens (including phenoxy) is 1. The van der Waals surface area contributed by atoms with Crippen molar-refractivity contribution >= 4 is 12.0 Å². The predicted octanol–water partition coefficient (Wildman–Crippen LogP) is 1.82. The van der Waals surface area contributed by atoms with E-state index in [4.69, 9.17) is 10.2 Å². The highest BCUT2D eigenvalue weighted by molar-refractivity contribution is 5.70. The van der Waals surface area contributed by atoms with E-state index in [1.54, 1.807) is 6.26 Å². The number of rotatable bonds is 5. The topological polar surface area (TPSA) is 65.5 Å². The lowest BCUT2D eigenvalue weighted by Crippen LogP contribution is -2.19. The molecule has 1 aromatic heterocycles. The molecule has 1 aromatic rings. The molecule has 1 heterocycles. The van der Waals surface area contributed by atoms with Crippen molar-refractivity contribution in [2.75, 3.05) is 13.7 Å². The zero-order valence-corrected chi connectivity index (χ0v) is 9.60. The second-order valence-corrected chi connectivity index (χ2v) is 3.62. The first-order valence-electron chi connectivity index (χ1n) is 5.16. The van der Waals surface area contributed by atoms with Crippen molar-refractivity contribution in [3.05, 3.63) is 29.7 Å². The number of hydrogen-bond acceptors (Lipinski definition) is 4. The van der Waals surface area contributed by atoms with Gasteiger partial charge in [-0.25, -0.2) is 0 Å². The lowest BCUT2D eigenvalue weighted by molar-refractivity contribution is -0.141. The van der Waals surface area contributed by atoms with Gasteiger partial charge in [-0.1, -0.05) is 5.57 Å². The molecule has 0 amide bonds. The largest absolute Gasteiger partial charge is 0.469 e. The highest BCUT2D eigenvalue weighted by Crippen LogP contribution is 2.18. The van der Waals surface area contributed by atoms with Crippen molar-refractivity contribution in [1.29, 1.82) is 0 Å². The third kappa shape index (κ3) is 3.55. The van der Waals surface area contributed by atoms with Gasteiger partial charge >= 0.3 is 5.97 Å². The van der Waals surface area contributed by atoms with E-state index in [0.29, 0.717) is 13.0 Å². The van der Waals surface area contributed by atoms with E-state index in [9.17, 15) is 4.79 Å². The van der Waals surface area contributed by atoms with E-state index in [0.717, 1.165) is 11.3 Å². The number of carbonyl (C=O) groups is 1. The molecule has 0 aliphatic rings. The second-order valence-electron chi connectivity index (χ2n) is 3.62. The molecule has 0 aromatic carbocycles. The molecule has 1 atom stereocenters. The van der Waals surface area contributed by atoms with Crippen LogP contribution >= 0.6 is 0 Å². The van der Waals surface area contributed by atoms with E-state index in [1.807, 2.05) is 25.1 Å². The first-order chi connectivity index (χ1) is 7.67. The van der Waals surface area contributed by atoms with Crippen molar-refractivity contribution in [2.45, 2.75) is 13.3 Å². The average molecular weight is 223 g/mol. The van der Waals surface area contributed by atoms with Crippen molar-refractivity contribution in [2.24, 2.45) is 11.7 Å². The molecule has 0 aliphatic carbocycles. The second kappa shape index (κ2) is 6.12. The molecule has 0 radical (unpaired) electrons. The van der Waals surface area contributed by atoms with Gasteiger partial charge in [-0.2, -0.15) is 0 Å². The Morgan fingerprint density at radius 2 is 2.44 bits per heavy atom. The van der Waals surface area contributed by atoms with Gasteiger partial charge in [-0.05, 0) is 31.7 Å². The summed E-state index contributed by atoms with van der Waals surface area (Å²) in [4.78, 5) is 11.2. The van der Waals surface area contributed by atoms with Crippen LogP contribution < -0.4 is 5.73 Å². The maximum absolute atomic E-state index is 11.2. The molecule has 0 fully saturated rings. The summed E-state index contributed by atoms with van der Waals surface area (Å²) >= 11 is 0. The third-order valence-corrected chi connectivity index (χ3v) is 2.48. The van der Waals surface area contributed by atoms with E-state index in [1.165, 1.54) is 7.11 Å². The fraction of sp³-hybridized carbons (Fsp3) is 0.417. The Balaban J connectivity index is 2.69. The highest BCUT2D eigenvalue weighted by atomic mass is 16.5. The number of nitrogens with two attached hydrogens (primary N) is 1. The van der Waals surface area contributed by atoms with Crippen molar-refractivity contribution in [3.8, 4) is 0 Å². The fourth-order valence-electron chi connectivity index (χ4n) is 1.43. The fourth-order valence-corrected chi connectivity index (χ4v) is 1.43. The molecular formula is C12H17NO3. The monoisotopic (exact) mass is 223 g/mol. The Labute approximate surface area is 95.1 Å². The lowest BCUT2D eigenvalue weighted by atomic mass is 9.96. The Morgan fingerprint density at radius 1 is 1.69 bits per heavy atom. The van der Waals surface area contributed by atoms with Gasteiger partial charge in [0.1, 0.15) is 5.76 Å². The van der Waals surface area contributed by atoms with E-state index in [-0.39, 0.29) is 11.9 Å². The van der Waals surface area contributed by atoms with Gasteiger partial charge in [0.2, 0.25) is 0 Å². The van der Waals surface area contributed by atoms with Crippen LogP contribution in [0.15, 0.2) is 28.4 Å². The highest BCUT2D eigenvalue weighted by Gasteiger charge is 2.14. The van der Waals surface area contributed by atoms with Crippen LogP contribution in [0.2, 0.25) is 0 Å². The molecule has 0 saturated carbocycles. The number of methoxy groups -OCH3 is 1. The summed E-state index contributed by atoms with van der Waals surface area (Å²) < 4.78 is 9.82. The molecule has 4 nitrogen and oxygen atoms in total. The zero-order valence-electron chi connectivity index (χ0n) is 9.60. The van der Waals surface area contributed by atoms with Crippen molar-refractivity contribution in [1.82, 2.24) is 0 Å². The van der Waals surface area contributed by atoms with Crippen molar-refractivity contribution in [3.63, 3.8) is 0 Å². The van der Waals surface area contributed by atoms with Gasteiger partial charge in [0.05, 0.1) is 19.8 Å². The summed E-state index contributed by atoms with van der Waals surface area (Å²) in [5.41, 5.74) is 6.64. The summed E-state index contributed by atoms with van der Waals surface area (Å²) in [6.07, 6.45) is 3.80. The molecule has 16 heavy (non-hydrogen) atoms. The van der Waals surface area contributed by atoms with Gasteiger partial charge in [-0.15, -0.1) is 0 Å². The van der Waals surface area contributed by atoms with Crippen LogP contribution in [0.5, 0.6) is 0 Å². The first-order valence-corrected chi connectivity index (χ1v) is 5.16. The molecule has 2 N–H and O–H groups in total. The molecule has 88 valence electrons. The maximum Gasteiger partial charge on any atom is 0.306 e. The molecule has 0 bridgehead atoms. The van der Waals surface area contributed by atoms with Crippen LogP contribution in [-0.2, 0) is 9.53 Å². The Bertz CT molecular complexity index is 354. The predicted molar refractivity (Wildman–Crippen MR) is 61.5 cm³/mol. The molecule has 0 aliphatic heterocycles. The summed E-state index contributed by atoms with van der Waals surface area (Å²) in [6.45, 7) is 2.35. The van der Waals surface area contributed by atoms with Gasteiger partial charge in [-0.3, -0.25) is 4.79 Å². The van der Waals surface area contributed by atoms with Crippen LogP contribution in [0.4, 0.5) is 0 Å². The SMILES string of the molecule is COC(=O)CC(CN)/C(C)=C/c1ccco1. The van der Waals surface area contributed by atoms with Crippen LogP contribution in [0, 0.1) is 5.92 Å². The van der Waals surface area contributed by atoms with Crippen molar-refractivity contribution < 1.29 is 13.9 Å². The minimum absolute atomic E-state index is 0.00227. The van der Waals surface area contributed by atoms with E-state index < -0.39 is 0 Å². The van der Waals surface area contributed by atoms with Gasteiger partial charge in [0.25, 0.3) is 0 Å². The summed E-state index contributed by atoms with van der Waals surface area (Å²) in [7, 11) is 1.38. The number of furan rings is 1. The van der Waals surface area contributed by atoms with Crippen LogP contribution in [0.25, 0.3) is 6.08 Å². The average Bonchev–Trinajstić information content (AvgIpc) is 2.77. The molecule has 0 saturated heterocycles. The quantitative estimate of drug-likeness (QED) is 0.773. The molecule has 1 unspecified atom stereocenters. The first kappa shape index (κ1) is 12.5. The van der Waals surface area contributed by atoms with E-state index >= 15 is 0 Å². The van der Waals surface area contributed by atoms with Gasteiger partial charge in [0.15, 0.2) is 0 Å². The lowest BCUT2D eigenvalue weighted by Gasteiger charge is -2.13. The van der Waals surface area contributed by atoms with Crippen LogP contribution in [-0.4, -0.2) is 19.6 Å².